The van der Waals surface area contributed by atoms with Gasteiger partial charge in [0.1, 0.15) is 55.3 Å². The Labute approximate surface area is 367 Å². The quantitative estimate of drug-likeness (QED) is 0.0142. The van der Waals surface area contributed by atoms with E-state index in [4.69, 9.17) is 23.3 Å². The van der Waals surface area contributed by atoms with Crippen LogP contribution < -0.4 is 0 Å². The second kappa shape index (κ2) is 33.7. The molecular formula is C39H77O20P3. The molecule has 1 fully saturated rings. The van der Waals surface area contributed by atoms with Gasteiger partial charge in [-0.2, -0.15) is 0 Å². The molecule has 0 aromatic rings. The highest BCUT2D eigenvalue weighted by Crippen LogP contribution is 2.51. The molecule has 1 aliphatic carbocycles. The minimum atomic E-state index is -5.58. The summed E-state index contributed by atoms with van der Waals surface area (Å²) < 4.78 is 71.1. The third kappa shape index (κ3) is 29.7. The van der Waals surface area contributed by atoms with Crippen molar-refractivity contribution in [1.82, 2.24) is 0 Å². The number of Topliss-reactive ketones (excluding diaryl/α,β-unsaturated/α-hetero) is 1. The van der Waals surface area contributed by atoms with E-state index >= 15 is 0 Å². The van der Waals surface area contributed by atoms with E-state index in [1.54, 1.807) is 0 Å². The molecule has 368 valence electrons. The maximum absolute atomic E-state index is 13.0. The molecule has 62 heavy (non-hydrogen) atoms. The minimum absolute atomic E-state index is 0.0478. The molecule has 4 unspecified atom stereocenters. The van der Waals surface area contributed by atoms with Crippen LogP contribution in [0.1, 0.15) is 168 Å². The van der Waals surface area contributed by atoms with Gasteiger partial charge in [-0.1, -0.05) is 123 Å². The van der Waals surface area contributed by atoms with Crippen LogP contribution in [0.3, 0.4) is 0 Å². The van der Waals surface area contributed by atoms with Gasteiger partial charge in [0, 0.05) is 25.9 Å². The average Bonchev–Trinajstić information content (AvgIpc) is 3.18. The monoisotopic (exact) mass is 958 g/mol. The van der Waals surface area contributed by atoms with Gasteiger partial charge in [-0.3, -0.25) is 27.7 Å². The Morgan fingerprint density at radius 1 is 0.500 bits per heavy atom. The zero-order chi connectivity index (χ0) is 46.4. The van der Waals surface area contributed by atoms with Gasteiger partial charge in [0.2, 0.25) is 0 Å². The van der Waals surface area contributed by atoms with Crippen molar-refractivity contribution in [2.24, 2.45) is 0 Å². The van der Waals surface area contributed by atoms with Crippen LogP contribution in [0.15, 0.2) is 0 Å². The first-order valence-corrected chi connectivity index (χ1v) is 26.9. The number of phosphoric acid groups is 3. The molecule has 8 atom stereocenters. The van der Waals surface area contributed by atoms with E-state index in [1.165, 1.54) is 51.4 Å². The third-order valence-corrected chi connectivity index (χ3v) is 12.3. The lowest BCUT2D eigenvalue weighted by atomic mass is 9.85. The second-order valence-electron chi connectivity index (χ2n) is 15.9. The van der Waals surface area contributed by atoms with Crippen LogP contribution in [-0.4, -0.2) is 121 Å². The first kappa shape index (κ1) is 59.3. The highest BCUT2D eigenvalue weighted by atomic mass is 31.2. The summed E-state index contributed by atoms with van der Waals surface area (Å²) in [4.78, 5) is 72.0. The molecule has 0 aromatic heterocycles. The number of ether oxygens (including phenoxy) is 3. The molecule has 0 spiro atoms. The standard InChI is InChI=1S/C39H77O20P3/c1-3-5-6-7-8-9-10-11-12-13-16-19-22-26-33(41)56-32(28-54-30-53-27-23-20-17-14-15-18-21-25-31(40)24-4-2)29-55-62(51,52)59-37-34(42)35(43)38(57-60(45,46)47)39(36(37)44)58-61(48,49)50/h32,34-39,42-44H,3-30H2,1-2H3,(H,51,52)(H2,45,46,47)(H2,48,49,50)/t32-,34+,35-,36?,37?,38?,39+/m1/s1. The first-order valence-electron chi connectivity index (χ1n) is 22.3. The number of rotatable bonds is 40. The zero-order valence-electron chi connectivity index (χ0n) is 36.7. The Bertz CT molecular complexity index is 1330. The molecule has 8 N–H and O–H groups in total. The van der Waals surface area contributed by atoms with E-state index in [2.05, 4.69) is 16.0 Å². The molecule has 20 nitrogen and oxygen atoms in total. The number of esters is 1. The maximum Gasteiger partial charge on any atom is 0.472 e. The zero-order valence-corrected chi connectivity index (χ0v) is 39.3. The summed E-state index contributed by atoms with van der Waals surface area (Å²) in [5.74, 6) is -0.318. The van der Waals surface area contributed by atoms with Gasteiger partial charge in [-0.15, -0.1) is 0 Å². The van der Waals surface area contributed by atoms with Crippen molar-refractivity contribution in [3.63, 3.8) is 0 Å². The van der Waals surface area contributed by atoms with Gasteiger partial charge >= 0.3 is 29.4 Å². The van der Waals surface area contributed by atoms with Crippen molar-refractivity contribution < 1.29 is 95.4 Å². The first-order chi connectivity index (χ1) is 29.3. The molecule has 1 saturated carbocycles. The van der Waals surface area contributed by atoms with E-state index in [0.717, 1.165) is 77.0 Å². The fourth-order valence-electron chi connectivity index (χ4n) is 6.97. The summed E-state index contributed by atoms with van der Waals surface area (Å²) in [5, 5.41) is 31.8. The third-order valence-electron chi connectivity index (χ3n) is 10.2. The normalized spacial score (nSPS) is 22.4. The molecule has 23 heteroatoms. The van der Waals surface area contributed by atoms with Crippen LogP contribution in [0.25, 0.3) is 0 Å². The molecule has 0 heterocycles. The Morgan fingerprint density at radius 2 is 0.952 bits per heavy atom. The molecular weight excluding hydrogens is 881 g/mol. The largest absolute Gasteiger partial charge is 0.472 e. The predicted molar refractivity (Wildman–Crippen MR) is 226 cm³/mol. The predicted octanol–water partition coefficient (Wildman–Crippen LogP) is 6.41. The lowest BCUT2D eigenvalue weighted by Gasteiger charge is -2.44. The SMILES string of the molecule is CCCCCCCCCCCCCCCC(=O)O[C@H](COCOCCCCCCCCCC(=O)CCC)COP(=O)(O)OC1C(O)[C@H](OP(=O)(O)O)C(OP(=O)(O)O)[C@H](O)[C@@H]1O. The topological polar surface area (TPSA) is 312 Å². The lowest BCUT2D eigenvalue weighted by Crippen LogP contribution is -2.65. The van der Waals surface area contributed by atoms with Crippen LogP contribution in [0.5, 0.6) is 0 Å². The molecule has 1 aliphatic rings. The van der Waals surface area contributed by atoms with E-state index in [1.807, 2.05) is 6.92 Å². The van der Waals surface area contributed by atoms with Crippen molar-refractivity contribution in [3.8, 4) is 0 Å². The van der Waals surface area contributed by atoms with Crippen LogP contribution in [-0.2, 0) is 55.6 Å². The van der Waals surface area contributed by atoms with Crippen molar-refractivity contribution in [3.05, 3.63) is 0 Å². The Morgan fingerprint density at radius 3 is 1.45 bits per heavy atom. The number of ketones is 1. The minimum Gasteiger partial charge on any atom is -0.457 e. The number of hydrogen-bond donors (Lipinski definition) is 8. The van der Waals surface area contributed by atoms with Crippen LogP contribution in [0.4, 0.5) is 0 Å². The summed E-state index contributed by atoms with van der Waals surface area (Å²) in [6, 6.07) is 0. The fraction of sp³-hybridized carbons (Fsp3) is 0.949. The van der Waals surface area contributed by atoms with Gasteiger partial charge in [-0.05, 0) is 25.7 Å². The Balaban J connectivity index is 2.70. The Kier molecular flexibility index (Phi) is 32.2. The Hall–Kier alpha value is -0.730. The van der Waals surface area contributed by atoms with Crippen molar-refractivity contribution in [2.45, 2.75) is 211 Å². The number of unbranched alkanes of at least 4 members (excludes halogenated alkanes) is 18. The number of aliphatic hydroxyl groups is 3. The number of hydrogen-bond acceptors (Lipinski definition) is 15. The average molecular weight is 959 g/mol. The molecule has 1 rings (SSSR count). The van der Waals surface area contributed by atoms with E-state index in [9.17, 15) is 63.1 Å². The summed E-state index contributed by atoms with van der Waals surface area (Å²) in [6.45, 7) is 3.21. The van der Waals surface area contributed by atoms with Gasteiger partial charge in [0.05, 0.1) is 13.2 Å². The molecule has 0 saturated heterocycles. The highest BCUT2D eigenvalue weighted by molar-refractivity contribution is 7.47. The summed E-state index contributed by atoms with van der Waals surface area (Å²) in [6.07, 6.45) is 7.35. The van der Waals surface area contributed by atoms with Crippen LogP contribution in [0, 0.1) is 0 Å². The molecule has 0 aliphatic heterocycles. The van der Waals surface area contributed by atoms with Crippen LogP contribution in [0.2, 0.25) is 0 Å². The van der Waals surface area contributed by atoms with E-state index < -0.39 is 78.8 Å². The second-order valence-corrected chi connectivity index (χ2v) is 19.7. The number of aliphatic hydroxyl groups excluding tert-OH is 3. The molecule has 0 amide bonds. The lowest BCUT2D eigenvalue weighted by molar-refractivity contribution is -0.213. The molecule has 0 aromatic carbocycles. The highest BCUT2D eigenvalue weighted by Gasteiger charge is 2.56. The van der Waals surface area contributed by atoms with Crippen molar-refractivity contribution in [2.75, 3.05) is 26.6 Å². The summed E-state index contributed by atoms with van der Waals surface area (Å²) in [5.41, 5.74) is 0. The van der Waals surface area contributed by atoms with Gasteiger partial charge in [0.15, 0.2) is 0 Å². The number of phosphoric ester groups is 3. The van der Waals surface area contributed by atoms with Gasteiger partial charge in [0.25, 0.3) is 0 Å². The summed E-state index contributed by atoms with van der Waals surface area (Å²) >= 11 is 0. The van der Waals surface area contributed by atoms with Gasteiger partial charge in [-0.25, -0.2) is 13.7 Å². The van der Waals surface area contributed by atoms with Gasteiger partial charge < -0.3 is 54.0 Å². The number of carbonyl (C=O) groups is 2. The van der Waals surface area contributed by atoms with Crippen molar-refractivity contribution in [1.29, 1.82) is 0 Å². The van der Waals surface area contributed by atoms with Crippen LogP contribution >= 0.6 is 23.5 Å². The smallest absolute Gasteiger partial charge is 0.457 e. The van der Waals surface area contributed by atoms with E-state index in [-0.39, 0.29) is 19.8 Å². The fourth-order valence-corrected chi connectivity index (χ4v) is 9.07. The summed E-state index contributed by atoms with van der Waals surface area (Å²) in [7, 11) is -16.5. The molecule has 0 bridgehead atoms. The maximum atomic E-state index is 13.0. The molecule has 0 radical (unpaired) electrons. The number of carbonyl (C=O) groups excluding carboxylic acids is 2. The van der Waals surface area contributed by atoms with Crippen molar-refractivity contribution >= 4 is 35.2 Å². The van der Waals surface area contributed by atoms with E-state index in [0.29, 0.717) is 31.7 Å².